The van der Waals surface area contributed by atoms with Gasteiger partial charge in [0.05, 0.1) is 22.8 Å². The van der Waals surface area contributed by atoms with E-state index in [1.807, 2.05) is 50.2 Å². The quantitative estimate of drug-likeness (QED) is 0.733. The summed E-state index contributed by atoms with van der Waals surface area (Å²) in [5.41, 5.74) is 1.76. The number of anilines is 1. The van der Waals surface area contributed by atoms with Gasteiger partial charge in [-0.3, -0.25) is 9.59 Å². The fraction of sp³-hybridized carbons (Fsp3) is 0.200. The number of rotatable bonds is 6. The van der Waals surface area contributed by atoms with Crippen LogP contribution in [0.1, 0.15) is 19.4 Å². The third-order valence-corrected chi connectivity index (χ3v) is 4.74. The van der Waals surface area contributed by atoms with Gasteiger partial charge in [-0.25, -0.2) is 4.90 Å². The van der Waals surface area contributed by atoms with Crippen molar-refractivity contribution in [1.29, 1.82) is 0 Å². The van der Waals surface area contributed by atoms with Crippen molar-refractivity contribution in [3.05, 3.63) is 65.1 Å². The maximum atomic E-state index is 13.1. The Bertz CT molecular complexity index is 830. The minimum absolute atomic E-state index is 0.274. The number of imide groups is 1. The molecule has 0 bridgehead atoms. The predicted octanol–water partition coefficient (Wildman–Crippen LogP) is 4.12. The maximum Gasteiger partial charge on any atom is 0.272 e. The molecule has 0 N–H and O–H groups in total. The molecular formula is C20H19NO3S. The molecule has 0 aliphatic carbocycles. The molecule has 4 nitrogen and oxygen atoms in total. The van der Waals surface area contributed by atoms with Crippen LogP contribution in [0.15, 0.2) is 59.5 Å². The summed E-state index contributed by atoms with van der Waals surface area (Å²) in [6.07, 6.45) is 0. The van der Waals surface area contributed by atoms with Crippen LogP contribution in [0.3, 0.4) is 0 Å². The maximum absolute atomic E-state index is 13.1. The molecule has 0 saturated carbocycles. The first kappa shape index (κ1) is 17.3. The molecule has 1 aliphatic rings. The van der Waals surface area contributed by atoms with Crippen LogP contribution in [0.4, 0.5) is 5.69 Å². The van der Waals surface area contributed by atoms with Crippen molar-refractivity contribution in [2.45, 2.75) is 13.8 Å². The number of hydrogen-bond donors (Lipinski definition) is 0. The van der Waals surface area contributed by atoms with Gasteiger partial charge in [-0.1, -0.05) is 43.3 Å². The zero-order valence-corrected chi connectivity index (χ0v) is 15.0. The number of carbonyl (C=O) groups is 2. The van der Waals surface area contributed by atoms with E-state index in [1.54, 1.807) is 18.2 Å². The Labute approximate surface area is 151 Å². The van der Waals surface area contributed by atoms with Gasteiger partial charge in [-0.05, 0) is 30.4 Å². The lowest BCUT2D eigenvalue weighted by Gasteiger charge is -2.16. The van der Waals surface area contributed by atoms with Gasteiger partial charge < -0.3 is 4.74 Å². The average Bonchev–Trinajstić information content (AvgIpc) is 2.87. The van der Waals surface area contributed by atoms with Crippen molar-refractivity contribution in [3.8, 4) is 5.75 Å². The standard InChI is InChI=1S/C20H19NO3S/c1-3-24-16-12-8-11-15(13-16)21-19(22)17(14-9-6-5-7-10-14)18(20(21)23)25-4-2/h5-13H,3-4H2,1-2H3. The Morgan fingerprint density at radius 1 is 0.960 bits per heavy atom. The van der Waals surface area contributed by atoms with Crippen molar-refractivity contribution < 1.29 is 14.3 Å². The molecule has 0 atom stereocenters. The molecule has 25 heavy (non-hydrogen) atoms. The molecule has 3 rings (SSSR count). The van der Waals surface area contributed by atoms with Gasteiger partial charge in [0, 0.05) is 6.07 Å². The molecule has 2 amide bonds. The lowest BCUT2D eigenvalue weighted by Crippen LogP contribution is -2.31. The molecule has 0 saturated heterocycles. The smallest absolute Gasteiger partial charge is 0.272 e. The van der Waals surface area contributed by atoms with Crippen LogP contribution >= 0.6 is 11.8 Å². The van der Waals surface area contributed by atoms with E-state index in [-0.39, 0.29) is 11.8 Å². The summed E-state index contributed by atoms with van der Waals surface area (Å²) in [6, 6.07) is 16.4. The Morgan fingerprint density at radius 2 is 1.72 bits per heavy atom. The first-order chi connectivity index (χ1) is 12.2. The van der Waals surface area contributed by atoms with Crippen LogP contribution in [0, 0.1) is 0 Å². The molecule has 0 spiro atoms. The van der Waals surface area contributed by atoms with E-state index in [2.05, 4.69) is 0 Å². The lowest BCUT2D eigenvalue weighted by atomic mass is 10.1. The van der Waals surface area contributed by atoms with Crippen LogP contribution in [0.25, 0.3) is 5.57 Å². The van der Waals surface area contributed by atoms with Crippen molar-refractivity contribution >= 4 is 34.8 Å². The fourth-order valence-corrected chi connectivity index (χ4v) is 3.61. The Kier molecular flexibility index (Phi) is 5.24. The highest BCUT2D eigenvalue weighted by Gasteiger charge is 2.39. The van der Waals surface area contributed by atoms with Gasteiger partial charge in [0.2, 0.25) is 0 Å². The number of hydrogen-bond acceptors (Lipinski definition) is 4. The Balaban J connectivity index is 2.04. The fourth-order valence-electron chi connectivity index (χ4n) is 2.76. The van der Waals surface area contributed by atoms with Crippen molar-refractivity contribution in [2.75, 3.05) is 17.3 Å². The van der Waals surface area contributed by atoms with E-state index in [0.717, 1.165) is 11.3 Å². The second-order valence-corrected chi connectivity index (χ2v) is 6.65. The zero-order chi connectivity index (χ0) is 17.8. The van der Waals surface area contributed by atoms with Gasteiger partial charge >= 0.3 is 0 Å². The van der Waals surface area contributed by atoms with E-state index in [1.165, 1.54) is 16.7 Å². The summed E-state index contributed by atoms with van der Waals surface area (Å²) in [6.45, 7) is 4.39. The second kappa shape index (κ2) is 7.57. The van der Waals surface area contributed by atoms with Crippen LogP contribution in [-0.2, 0) is 9.59 Å². The number of ether oxygens (including phenoxy) is 1. The molecule has 0 aromatic heterocycles. The van der Waals surface area contributed by atoms with E-state index in [0.29, 0.717) is 28.5 Å². The van der Waals surface area contributed by atoms with Gasteiger partial charge in [-0.2, -0.15) is 0 Å². The number of carbonyl (C=O) groups excluding carboxylic acids is 2. The predicted molar refractivity (Wildman–Crippen MR) is 102 cm³/mol. The molecule has 0 unspecified atom stereocenters. The van der Waals surface area contributed by atoms with E-state index >= 15 is 0 Å². The van der Waals surface area contributed by atoms with E-state index in [9.17, 15) is 9.59 Å². The largest absolute Gasteiger partial charge is 0.494 e. The van der Waals surface area contributed by atoms with Gasteiger partial charge in [0.25, 0.3) is 11.8 Å². The molecular weight excluding hydrogens is 334 g/mol. The van der Waals surface area contributed by atoms with Gasteiger partial charge in [-0.15, -0.1) is 11.8 Å². The highest BCUT2D eigenvalue weighted by molar-refractivity contribution is 8.04. The Hall–Kier alpha value is -2.53. The summed E-state index contributed by atoms with van der Waals surface area (Å²) in [5, 5.41) is 0. The molecule has 0 radical (unpaired) electrons. The van der Waals surface area contributed by atoms with Crippen LogP contribution < -0.4 is 9.64 Å². The zero-order valence-electron chi connectivity index (χ0n) is 14.2. The molecule has 1 aliphatic heterocycles. The highest BCUT2D eigenvalue weighted by Crippen LogP contribution is 2.38. The second-order valence-electron chi connectivity index (χ2n) is 5.38. The molecule has 1 heterocycles. The highest BCUT2D eigenvalue weighted by atomic mass is 32.2. The molecule has 2 aromatic rings. The summed E-state index contributed by atoms with van der Waals surface area (Å²) in [4.78, 5) is 27.7. The summed E-state index contributed by atoms with van der Waals surface area (Å²) < 4.78 is 5.49. The monoisotopic (exact) mass is 353 g/mol. The van der Waals surface area contributed by atoms with Crippen molar-refractivity contribution in [2.24, 2.45) is 0 Å². The van der Waals surface area contributed by atoms with Crippen LogP contribution in [0.2, 0.25) is 0 Å². The van der Waals surface area contributed by atoms with Crippen LogP contribution in [0.5, 0.6) is 5.75 Å². The molecule has 0 fully saturated rings. The lowest BCUT2D eigenvalue weighted by molar-refractivity contribution is -0.119. The number of amides is 2. The number of nitrogens with zero attached hydrogens (tertiary/aromatic N) is 1. The molecule has 5 heteroatoms. The molecule has 2 aromatic carbocycles. The normalized spacial score (nSPS) is 14.4. The third-order valence-electron chi connectivity index (χ3n) is 3.78. The SMILES string of the molecule is CCOc1cccc(N2C(=O)C(SCC)=C(c3ccccc3)C2=O)c1. The van der Waals surface area contributed by atoms with Crippen molar-refractivity contribution in [1.82, 2.24) is 0 Å². The minimum atomic E-state index is -0.291. The summed E-state index contributed by atoms with van der Waals surface area (Å²) in [7, 11) is 0. The average molecular weight is 353 g/mol. The van der Waals surface area contributed by atoms with Crippen LogP contribution in [-0.4, -0.2) is 24.2 Å². The van der Waals surface area contributed by atoms with E-state index < -0.39 is 0 Å². The number of thioether (sulfide) groups is 1. The molecule has 128 valence electrons. The topological polar surface area (TPSA) is 46.6 Å². The third kappa shape index (κ3) is 3.33. The minimum Gasteiger partial charge on any atom is -0.494 e. The Morgan fingerprint density at radius 3 is 2.40 bits per heavy atom. The summed E-state index contributed by atoms with van der Waals surface area (Å²) in [5.74, 6) is 0.793. The van der Waals surface area contributed by atoms with Gasteiger partial charge in [0.15, 0.2) is 0 Å². The van der Waals surface area contributed by atoms with Gasteiger partial charge in [0.1, 0.15) is 5.75 Å². The van der Waals surface area contributed by atoms with E-state index in [4.69, 9.17) is 4.74 Å². The first-order valence-electron chi connectivity index (χ1n) is 8.21. The summed E-state index contributed by atoms with van der Waals surface area (Å²) >= 11 is 1.40. The number of benzene rings is 2. The first-order valence-corrected chi connectivity index (χ1v) is 9.20. The van der Waals surface area contributed by atoms with Crippen molar-refractivity contribution in [3.63, 3.8) is 0 Å².